The number of rotatable bonds is 7. The summed E-state index contributed by atoms with van der Waals surface area (Å²) >= 11 is 0. The zero-order valence-electron chi connectivity index (χ0n) is 15.9. The van der Waals surface area contributed by atoms with Crippen molar-refractivity contribution in [2.75, 3.05) is 24.4 Å². The number of aryl methyl sites for hydroxylation is 1. The smallest absolute Gasteiger partial charge is 0.422 e. The minimum absolute atomic E-state index is 0.281. The van der Waals surface area contributed by atoms with E-state index in [0.29, 0.717) is 25.1 Å². The van der Waals surface area contributed by atoms with Gasteiger partial charge in [-0.05, 0) is 39.8 Å². The van der Waals surface area contributed by atoms with Gasteiger partial charge in [0.2, 0.25) is 0 Å². The zero-order chi connectivity index (χ0) is 19.3. The van der Waals surface area contributed by atoms with Crippen molar-refractivity contribution in [2.45, 2.75) is 51.7 Å². The monoisotopic (exact) mass is 387 g/mol. The molecule has 2 atom stereocenters. The van der Waals surface area contributed by atoms with Crippen molar-refractivity contribution in [3.8, 4) is 0 Å². The number of likely N-dealkylation sites (tertiary alicyclic amines) is 1. The van der Waals surface area contributed by atoms with Gasteiger partial charge in [-0.1, -0.05) is 13.3 Å². The van der Waals surface area contributed by atoms with Gasteiger partial charge in [0, 0.05) is 19.8 Å². The van der Waals surface area contributed by atoms with Crippen molar-refractivity contribution < 1.29 is 17.9 Å². The highest BCUT2D eigenvalue weighted by Gasteiger charge is 2.35. The molecule has 1 amide bonds. The maximum absolute atomic E-state index is 13.0. The van der Waals surface area contributed by atoms with Gasteiger partial charge in [0.25, 0.3) is 0 Å². The third-order valence-corrected chi connectivity index (χ3v) is 5.80. The average molecular weight is 388 g/mol. The topological polar surface area (TPSA) is 96.8 Å². The lowest BCUT2D eigenvalue weighted by Crippen LogP contribution is -2.54. The van der Waals surface area contributed by atoms with E-state index in [1.807, 2.05) is 18.7 Å². The lowest BCUT2D eigenvalue weighted by atomic mass is 10.1. The number of likely N-dealkylation sites (N-methyl/N-ethyl adjacent to an activating group) is 1. The molecule has 1 saturated heterocycles. The van der Waals surface area contributed by atoms with Crippen LogP contribution in [0.2, 0.25) is 0 Å². The Kier molecular flexibility index (Phi) is 6.87. The van der Waals surface area contributed by atoms with Gasteiger partial charge in [-0.25, -0.2) is 13.8 Å². The molecule has 1 aromatic heterocycles. The summed E-state index contributed by atoms with van der Waals surface area (Å²) in [5.74, 6) is 0. The summed E-state index contributed by atoms with van der Waals surface area (Å²) in [5.41, 5.74) is 0.426. The second kappa shape index (κ2) is 8.72. The standard InChI is InChI=1S/C16H29N5O4S/c1-5-7-13(2)25-16(22)18-26(23,24)21(15-10-17-20(4)12-15)14-8-6-9-19(3)11-14/h10,12-14H,5-9,11H2,1-4H3,(H,18,22). The Morgan fingerprint density at radius 3 is 2.81 bits per heavy atom. The van der Waals surface area contributed by atoms with Gasteiger partial charge in [-0.2, -0.15) is 13.5 Å². The van der Waals surface area contributed by atoms with Gasteiger partial charge in [0.15, 0.2) is 0 Å². The molecule has 1 aliphatic heterocycles. The lowest BCUT2D eigenvalue weighted by Gasteiger charge is -2.37. The van der Waals surface area contributed by atoms with Crippen LogP contribution in [0, 0.1) is 0 Å². The molecule has 0 bridgehead atoms. The third kappa shape index (κ3) is 5.34. The second-order valence-corrected chi connectivity index (χ2v) is 8.39. The maximum Gasteiger partial charge on any atom is 0.422 e. The van der Waals surface area contributed by atoms with Gasteiger partial charge in [0.1, 0.15) is 6.10 Å². The molecule has 0 saturated carbocycles. The van der Waals surface area contributed by atoms with Crippen molar-refractivity contribution in [1.82, 2.24) is 19.4 Å². The van der Waals surface area contributed by atoms with E-state index in [2.05, 4.69) is 10.00 Å². The highest BCUT2D eigenvalue weighted by Crippen LogP contribution is 2.25. The van der Waals surface area contributed by atoms with Crippen LogP contribution in [0.3, 0.4) is 0 Å². The Bertz CT molecular complexity index is 705. The molecule has 1 aliphatic rings. The summed E-state index contributed by atoms with van der Waals surface area (Å²) in [6.07, 6.45) is 4.92. The van der Waals surface area contributed by atoms with Crippen molar-refractivity contribution in [3.63, 3.8) is 0 Å². The minimum atomic E-state index is -4.12. The second-order valence-electron chi connectivity index (χ2n) is 6.84. The Labute approximate surface area is 155 Å². The molecule has 148 valence electrons. The van der Waals surface area contributed by atoms with E-state index < -0.39 is 16.3 Å². The molecular formula is C16H29N5O4S. The Hall–Kier alpha value is -1.81. The number of amides is 1. The van der Waals surface area contributed by atoms with Crippen molar-refractivity contribution in [3.05, 3.63) is 12.4 Å². The molecular weight excluding hydrogens is 358 g/mol. The first kappa shape index (κ1) is 20.5. The summed E-state index contributed by atoms with van der Waals surface area (Å²) < 4.78 is 35.9. The molecule has 0 aliphatic carbocycles. The van der Waals surface area contributed by atoms with Crippen LogP contribution in [-0.2, 0) is 22.0 Å². The summed E-state index contributed by atoms with van der Waals surface area (Å²) in [7, 11) is -0.446. The zero-order valence-corrected chi connectivity index (χ0v) is 16.7. The van der Waals surface area contributed by atoms with Gasteiger partial charge in [0.05, 0.1) is 17.9 Å². The van der Waals surface area contributed by atoms with Crippen molar-refractivity contribution in [1.29, 1.82) is 0 Å². The van der Waals surface area contributed by atoms with E-state index in [9.17, 15) is 13.2 Å². The van der Waals surface area contributed by atoms with E-state index in [-0.39, 0.29) is 12.1 Å². The normalized spacial score (nSPS) is 19.8. The maximum atomic E-state index is 13.0. The molecule has 0 spiro atoms. The van der Waals surface area contributed by atoms with E-state index in [1.165, 1.54) is 15.2 Å². The summed E-state index contributed by atoms with van der Waals surface area (Å²) in [6.45, 7) is 5.21. The number of anilines is 1. The van der Waals surface area contributed by atoms with Gasteiger partial charge in [-0.3, -0.25) is 4.68 Å². The first-order valence-electron chi connectivity index (χ1n) is 8.93. The number of carbonyl (C=O) groups is 1. The molecule has 0 aromatic carbocycles. The molecule has 10 heteroatoms. The molecule has 0 radical (unpaired) electrons. The van der Waals surface area contributed by atoms with Crippen LogP contribution in [0.25, 0.3) is 0 Å². The fraction of sp³-hybridized carbons (Fsp3) is 0.750. The van der Waals surface area contributed by atoms with Gasteiger partial charge in [-0.15, -0.1) is 0 Å². The number of hydrogen-bond donors (Lipinski definition) is 1. The summed E-state index contributed by atoms with van der Waals surface area (Å²) in [5, 5.41) is 4.07. The molecule has 9 nitrogen and oxygen atoms in total. The Morgan fingerprint density at radius 1 is 1.50 bits per heavy atom. The quantitative estimate of drug-likeness (QED) is 0.761. The molecule has 2 rings (SSSR count). The summed E-state index contributed by atoms with van der Waals surface area (Å²) in [6, 6.07) is -0.281. The molecule has 26 heavy (non-hydrogen) atoms. The van der Waals surface area contributed by atoms with Crippen LogP contribution < -0.4 is 9.03 Å². The molecule has 2 unspecified atom stereocenters. The number of nitrogens with zero attached hydrogens (tertiary/aromatic N) is 4. The lowest BCUT2D eigenvalue weighted by molar-refractivity contribution is 0.107. The first-order chi connectivity index (χ1) is 12.2. The first-order valence-corrected chi connectivity index (χ1v) is 10.4. The number of ether oxygens (including phenoxy) is 1. The predicted molar refractivity (Wildman–Crippen MR) is 99.1 cm³/mol. The summed E-state index contributed by atoms with van der Waals surface area (Å²) in [4.78, 5) is 14.1. The van der Waals surface area contributed by atoms with E-state index in [0.717, 1.165) is 19.4 Å². The SMILES string of the molecule is CCCC(C)OC(=O)NS(=O)(=O)N(c1cnn(C)c1)C1CCCN(C)C1. The number of piperidine rings is 1. The van der Waals surface area contributed by atoms with Crippen molar-refractivity contribution in [2.24, 2.45) is 7.05 Å². The fourth-order valence-electron chi connectivity index (χ4n) is 3.23. The largest absolute Gasteiger partial charge is 0.446 e. The molecule has 2 heterocycles. The third-order valence-electron chi connectivity index (χ3n) is 4.35. The molecule has 1 N–H and O–H groups in total. The van der Waals surface area contributed by atoms with Gasteiger partial charge < -0.3 is 9.64 Å². The van der Waals surface area contributed by atoms with Gasteiger partial charge >= 0.3 is 16.3 Å². The van der Waals surface area contributed by atoms with Crippen LogP contribution in [0.5, 0.6) is 0 Å². The highest BCUT2D eigenvalue weighted by atomic mass is 32.2. The highest BCUT2D eigenvalue weighted by molar-refractivity contribution is 7.91. The van der Waals surface area contributed by atoms with E-state index >= 15 is 0 Å². The van der Waals surface area contributed by atoms with Crippen LogP contribution >= 0.6 is 0 Å². The Morgan fingerprint density at radius 2 is 2.23 bits per heavy atom. The predicted octanol–water partition coefficient (Wildman–Crippen LogP) is 1.48. The minimum Gasteiger partial charge on any atom is -0.446 e. The van der Waals surface area contributed by atoms with E-state index in [4.69, 9.17) is 4.74 Å². The fourth-order valence-corrected chi connectivity index (χ4v) is 4.52. The van der Waals surface area contributed by atoms with Crippen LogP contribution in [0.4, 0.5) is 10.5 Å². The number of nitrogens with one attached hydrogen (secondary N) is 1. The van der Waals surface area contributed by atoms with Crippen molar-refractivity contribution >= 4 is 22.0 Å². The molecule has 1 aromatic rings. The number of aromatic nitrogens is 2. The number of hydrogen-bond acceptors (Lipinski definition) is 6. The molecule has 1 fully saturated rings. The number of carbonyl (C=O) groups excluding carboxylic acids is 1. The Balaban J connectivity index is 2.21. The van der Waals surface area contributed by atoms with E-state index in [1.54, 1.807) is 20.2 Å². The van der Waals surface area contributed by atoms with Crippen LogP contribution in [-0.4, -0.2) is 61.5 Å². The van der Waals surface area contributed by atoms with Crippen LogP contribution in [0.15, 0.2) is 12.4 Å². The average Bonchev–Trinajstić information content (AvgIpc) is 2.92. The van der Waals surface area contributed by atoms with Crippen LogP contribution in [0.1, 0.15) is 39.5 Å².